The van der Waals surface area contributed by atoms with E-state index in [-0.39, 0.29) is 5.91 Å². The van der Waals surface area contributed by atoms with Crippen molar-refractivity contribution in [1.82, 2.24) is 10.0 Å². The van der Waals surface area contributed by atoms with Crippen LogP contribution in [-0.4, -0.2) is 27.4 Å². The predicted molar refractivity (Wildman–Crippen MR) is 81.6 cm³/mol. The van der Waals surface area contributed by atoms with E-state index in [1.54, 1.807) is 12.1 Å². The Hall–Kier alpha value is -1.40. The highest BCUT2D eigenvalue weighted by molar-refractivity contribution is 7.89. The van der Waals surface area contributed by atoms with Crippen molar-refractivity contribution in [2.45, 2.75) is 43.9 Å². The van der Waals surface area contributed by atoms with E-state index in [9.17, 15) is 13.2 Å². The van der Waals surface area contributed by atoms with E-state index in [1.165, 1.54) is 12.5 Å². The summed E-state index contributed by atoms with van der Waals surface area (Å²) in [6.45, 7) is 2.44. The highest BCUT2D eigenvalue weighted by Crippen LogP contribution is 2.24. The Balaban J connectivity index is 1.83. The molecule has 21 heavy (non-hydrogen) atoms. The molecule has 0 saturated heterocycles. The summed E-state index contributed by atoms with van der Waals surface area (Å²) in [5.41, 5.74) is 2.42. The Bertz CT molecular complexity index is 611. The van der Waals surface area contributed by atoms with Gasteiger partial charge in [-0.05, 0) is 55.4 Å². The number of carbonyl (C=O) groups excluding carboxylic acids is 1. The Labute approximate surface area is 126 Å². The SMILES string of the molecule is CC(=O)NCCCCNS(=O)(=O)c1ccc2c(c1)CCC2. The largest absolute Gasteiger partial charge is 0.356 e. The number of benzene rings is 1. The van der Waals surface area contributed by atoms with E-state index in [0.717, 1.165) is 31.2 Å². The summed E-state index contributed by atoms with van der Waals surface area (Å²) in [6, 6.07) is 5.40. The average Bonchev–Trinajstić information content (AvgIpc) is 2.89. The molecule has 0 saturated carbocycles. The molecule has 1 aromatic carbocycles. The second kappa shape index (κ2) is 7.04. The number of nitrogens with one attached hydrogen (secondary N) is 2. The van der Waals surface area contributed by atoms with Gasteiger partial charge in [0.25, 0.3) is 0 Å². The highest BCUT2D eigenvalue weighted by Gasteiger charge is 2.17. The number of carbonyl (C=O) groups is 1. The van der Waals surface area contributed by atoms with Gasteiger partial charge in [0, 0.05) is 20.0 Å². The normalized spacial score (nSPS) is 14.0. The van der Waals surface area contributed by atoms with Crippen LogP contribution in [0.3, 0.4) is 0 Å². The first-order valence-electron chi connectivity index (χ1n) is 7.35. The Morgan fingerprint density at radius 1 is 1.14 bits per heavy atom. The lowest BCUT2D eigenvalue weighted by atomic mass is 10.1. The molecule has 6 heteroatoms. The number of rotatable bonds is 7. The van der Waals surface area contributed by atoms with Gasteiger partial charge in [-0.2, -0.15) is 0 Å². The van der Waals surface area contributed by atoms with Crippen molar-refractivity contribution in [2.24, 2.45) is 0 Å². The van der Waals surface area contributed by atoms with Crippen molar-refractivity contribution >= 4 is 15.9 Å². The maximum absolute atomic E-state index is 12.2. The summed E-state index contributed by atoms with van der Waals surface area (Å²) in [4.78, 5) is 11.0. The summed E-state index contributed by atoms with van der Waals surface area (Å²) >= 11 is 0. The minimum Gasteiger partial charge on any atom is -0.356 e. The van der Waals surface area contributed by atoms with Gasteiger partial charge in [0.1, 0.15) is 0 Å². The summed E-state index contributed by atoms with van der Waals surface area (Å²) in [5.74, 6) is -0.0614. The molecule has 0 spiro atoms. The lowest BCUT2D eigenvalue weighted by Crippen LogP contribution is -2.26. The van der Waals surface area contributed by atoms with Gasteiger partial charge < -0.3 is 5.32 Å². The van der Waals surface area contributed by atoms with Crippen LogP contribution in [0.15, 0.2) is 23.1 Å². The molecule has 1 aromatic rings. The molecular formula is C15H22N2O3S. The second-order valence-corrected chi connectivity index (χ2v) is 7.14. The van der Waals surface area contributed by atoms with Gasteiger partial charge in [-0.15, -0.1) is 0 Å². The number of hydrogen-bond donors (Lipinski definition) is 2. The van der Waals surface area contributed by atoms with Crippen molar-refractivity contribution < 1.29 is 13.2 Å². The molecule has 0 atom stereocenters. The molecule has 116 valence electrons. The molecule has 0 radical (unpaired) electrons. The van der Waals surface area contributed by atoms with Crippen LogP contribution in [-0.2, 0) is 27.7 Å². The lowest BCUT2D eigenvalue weighted by molar-refractivity contribution is -0.118. The summed E-state index contributed by atoms with van der Waals surface area (Å²) in [5, 5.41) is 2.69. The first-order chi connectivity index (χ1) is 9.99. The smallest absolute Gasteiger partial charge is 0.240 e. The van der Waals surface area contributed by atoms with E-state index in [2.05, 4.69) is 10.0 Å². The molecule has 2 rings (SSSR count). The Morgan fingerprint density at radius 2 is 1.86 bits per heavy atom. The van der Waals surface area contributed by atoms with Gasteiger partial charge in [0.2, 0.25) is 15.9 Å². The fraction of sp³-hybridized carbons (Fsp3) is 0.533. The van der Waals surface area contributed by atoms with Gasteiger partial charge in [0.15, 0.2) is 0 Å². The fourth-order valence-corrected chi connectivity index (χ4v) is 3.64. The molecule has 1 amide bonds. The topological polar surface area (TPSA) is 75.3 Å². The van der Waals surface area contributed by atoms with Crippen molar-refractivity contribution in [1.29, 1.82) is 0 Å². The minimum absolute atomic E-state index is 0.0614. The number of sulfonamides is 1. The molecule has 0 fully saturated rings. The van der Waals surface area contributed by atoms with Crippen molar-refractivity contribution in [3.63, 3.8) is 0 Å². The number of fused-ring (bicyclic) bond motifs is 1. The number of unbranched alkanes of at least 4 members (excludes halogenated alkanes) is 1. The number of aryl methyl sites for hydroxylation is 2. The molecular weight excluding hydrogens is 288 g/mol. The molecule has 5 nitrogen and oxygen atoms in total. The van der Waals surface area contributed by atoms with Crippen molar-refractivity contribution in [3.8, 4) is 0 Å². The highest BCUT2D eigenvalue weighted by atomic mass is 32.2. The van der Waals surface area contributed by atoms with Crippen LogP contribution in [0.5, 0.6) is 0 Å². The van der Waals surface area contributed by atoms with E-state index in [1.807, 2.05) is 6.07 Å². The average molecular weight is 310 g/mol. The maximum Gasteiger partial charge on any atom is 0.240 e. The van der Waals surface area contributed by atoms with Gasteiger partial charge in [-0.25, -0.2) is 13.1 Å². The van der Waals surface area contributed by atoms with Gasteiger partial charge in [-0.3, -0.25) is 4.79 Å². The quantitative estimate of drug-likeness (QED) is 0.747. The first-order valence-corrected chi connectivity index (χ1v) is 8.83. The maximum atomic E-state index is 12.2. The van der Waals surface area contributed by atoms with E-state index in [0.29, 0.717) is 24.4 Å². The third-order valence-corrected chi connectivity index (χ3v) is 5.11. The fourth-order valence-electron chi connectivity index (χ4n) is 2.52. The first kappa shape index (κ1) is 16.0. The number of hydrogen-bond acceptors (Lipinski definition) is 3. The minimum atomic E-state index is -3.42. The summed E-state index contributed by atoms with van der Waals surface area (Å²) in [6.07, 6.45) is 4.58. The zero-order valence-electron chi connectivity index (χ0n) is 12.3. The predicted octanol–water partition coefficient (Wildman–Crippen LogP) is 1.37. The van der Waals surface area contributed by atoms with Crippen molar-refractivity contribution in [3.05, 3.63) is 29.3 Å². The molecule has 0 heterocycles. The zero-order valence-corrected chi connectivity index (χ0v) is 13.1. The molecule has 2 N–H and O–H groups in total. The van der Waals surface area contributed by atoms with Crippen LogP contribution in [0.25, 0.3) is 0 Å². The van der Waals surface area contributed by atoms with Crippen molar-refractivity contribution in [2.75, 3.05) is 13.1 Å². The third-order valence-electron chi connectivity index (χ3n) is 3.65. The van der Waals surface area contributed by atoms with Crippen LogP contribution in [0.4, 0.5) is 0 Å². The van der Waals surface area contributed by atoms with Gasteiger partial charge in [-0.1, -0.05) is 6.07 Å². The van der Waals surface area contributed by atoms with E-state index in [4.69, 9.17) is 0 Å². The molecule has 0 unspecified atom stereocenters. The van der Waals surface area contributed by atoms with E-state index >= 15 is 0 Å². The van der Waals surface area contributed by atoms with E-state index < -0.39 is 10.0 Å². The van der Waals surface area contributed by atoms with Crippen LogP contribution in [0.2, 0.25) is 0 Å². The lowest BCUT2D eigenvalue weighted by Gasteiger charge is -2.08. The van der Waals surface area contributed by atoms with Crippen LogP contribution in [0, 0.1) is 0 Å². The molecule has 0 aromatic heterocycles. The van der Waals surface area contributed by atoms with Crippen LogP contribution >= 0.6 is 0 Å². The van der Waals surface area contributed by atoms with Crippen LogP contribution in [0.1, 0.15) is 37.3 Å². The monoisotopic (exact) mass is 310 g/mol. The standard InChI is InChI=1S/C15H22N2O3S/c1-12(18)16-9-2-3-10-17-21(19,20)15-8-7-13-5-4-6-14(13)11-15/h7-8,11,17H,2-6,9-10H2,1H3,(H,16,18). The summed E-state index contributed by atoms with van der Waals surface area (Å²) in [7, 11) is -3.42. The summed E-state index contributed by atoms with van der Waals surface area (Å²) < 4.78 is 27.0. The Morgan fingerprint density at radius 3 is 2.62 bits per heavy atom. The van der Waals surface area contributed by atoms with Gasteiger partial charge in [0.05, 0.1) is 4.90 Å². The zero-order chi connectivity index (χ0) is 15.3. The molecule has 0 aliphatic heterocycles. The van der Waals surface area contributed by atoms with Crippen LogP contribution < -0.4 is 10.0 Å². The third kappa shape index (κ3) is 4.54. The van der Waals surface area contributed by atoms with Gasteiger partial charge >= 0.3 is 0 Å². The molecule has 1 aliphatic carbocycles. The number of amides is 1. The molecule has 1 aliphatic rings. The Kier molecular flexibility index (Phi) is 5.36. The second-order valence-electron chi connectivity index (χ2n) is 5.37. The molecule has 0 bridgehead atoms.